The van der Waals surface area contributed by atoms with E-state index in [1.54, 1.807) is 6.92 Å². The van der Waals surface area contributed by atoms with Gasteiger partial charge in [0.15, 0.2) is 13.1 Å². The van der Waals surface area contributed by atoms with Gasteiger partial charge in [-0.3, -0.25) is 9.59 Å². The molecule has 0 aromatic carbocycles. The summed E-state index contributed by atoms with van der Waals surface area (Å²) in [6.07, 6.45) is 17.0. The van der Waals surface area contributed by atoms with Crippen LogP contribution in [0, 0.1) is 46.3 Å². The molecular weight excluding hydrogens is 620 g/mol. The van der Waals surface area contributed by atoms with Crippen LogP contribution in [0.2, 0.25) is 0 Å². The largest absolute Gasteiger partial charge is 0.457 e. The van der Waals surface area contributed by atoms with Crippen LogP contribution in [0.1, 0.15) is 158 Å². The van der Waals surface area contributed by atoms with Crippen LogP contribution in [0.25, 0.3) is 0 Å². The molecule has 0 aromatic rings. The highest BCUT2D eigenvalue weighted by atomic mass is 16.7. The third-order valence-electron chi connectivity index (χ3n) is 14.7. The summed E-state index contributed by atoms with van der Waals surface area (Å²) in [6, 6.07) is 0. The second-order valence-electron chi connectivity index (χ2n) is 18.1. The molecule has 5 rings (SSSR count). The molecule has 1 saturated heterocycles. The number of carbonyl (C=O) groups is 2. The van der Waals surface area contributed by atoms with Gasteiger partial charge in [0.25, 0.3) is 0 Å². The quantitative estimate of drug-likeness (QED) is 0.143. The number of ether oxygens (including phenoxy) is 5. The van der Waals surface area contributed by atoms with Gasteiger partial charge in [0.05, 0.1) is 30.8 Å². The van der Waals surface area contributed by atoms with Crippen molar-refractivity contribution in [1.82, 2.24) is 0 Å². The molecule has 0 radical (unpaired) electrons. The Hall–Kier alpha value is -1.22. The van der Waals surface area contributed by atoms with Crippen molar-refractivity contribution in [2.24, 2.45) is 46.3 Å². The summed E-state index contributed by atoms with van der Waals surface area (Å²) >= 11 is 0. The summed E-state index contributed by atoms with van der Waals surface area (Å²) in [5, 5.41) is 11.2. The summed E-state index contributed by atoms with van der Waals surface area (Å²) in [6.45, 7) is 16.4. The Bertz CT molecular complexity index is 1100. The average Bonchev–Trinajstić information content (AvgIpc) is 3.25. The van der Waals surface area contributed by atoms with Crippen LogP contribution in [-0.4, -0.2) is 60.6 Å². The highest BCUT2D eigenvalue weighted by molar-refractivity contribution is 5.69. The zero-order valence-electron chi connectivity index (χ0n) is 32.1. The smallest absolute Gasteiger partial charge is 0.308 e. The van der Waals surface area contributed by atoms with E-state index in [1.807, 2.05) is 0 Å². The van der Waals surface area contributed by atoms with Crippen molar-refractivity contribution in [1.29, 1.82) is 0 Å². The van der Waals surface area contributed by atoms with Gasteiger partial charge in [-0.25, -0.2) is 0 Å². The van der Waals surface area contributed by atoms with Crippen LogP contribution in [0.15, 0.2) is 0 Å². The van der Waals surface area contributed by atoms with Crippen molar-refractivity contribution in [3.05, 3.63) is 0 Å². The van der Waals surface area contributed by atoms with Gasteiger partial charge in [-0.1, -0.05) is 47.5 Å². The van der Waals surface area contributed by atoms with Crippen LogP contribution >= 0.6 is 0 Å². The predicted octanol–water partition coefficient (Wildman–Crippen LogP) is 8.75. The van der Waals surface area contributed by atoms with Gasteiger partial charge in [0, 0.05) is 12.8 Å². The first-order chi connectivity index (χ1) is 23.2. The zero-order chi connectivity index (χ0) is 35.5. The monoisotopic (exact) mass is 691 g/mol. The van der Waals surface area contributed by atoms with Gasteiger partial charge in [0.2, 0.25) is 0 Å². The molecule has 0 amide bonds. The summed E-state index contributed by atoms with van der Waals surface area (Å²) in [5.74, 6) is 4.09. The van der Waals surface area contributed by atoms with E-state index in [2.05, 4.69) is 41.5 Å². The Morgan fingerprint density at radius 2 is 1.69 bits per heavy atom. The standard InChI is InChI=1S/C41H70O8/c1-8-35(42)49-32-25-45-37(46-26-32)17-16-36(43)47-27-48-38(4,5)19-10-11-28(3)33-14-15-34-29-12-13-31-24-41(44,9-2)22-21-39(31,6)30(23-29)18-20-40(33,34)7/h28-34,37,44H,8-27H2,1-7H3/t28-,29-,30+,31+,32?,33-,34+,37?,39-,40-,41+/m1/s1. The summed E-state index contributed by atoms with van der Waals surface area (Å²) in [7, 11) is 0. The van der Waals surface area contributed by atoms with Gasteiger partial charge in [0.1, 0.15) is 6.10 Å². The Labute approximate surface area is 297 Å². The van der Waals surface area contributed by atoms with E-state index in [-0.39, 0.29) is 44.0 Å². The van der Waals surface area contributed by atoms with Crippen molar-refractivity contribution in [3.63, 3.8) is 0 Å². The van der Waals surface area contributed by atoms with E-state index < -0.39 is 18.0 Å². The van der Waals surface area contributed by atoms with Gasteiger partial charge in [-0.05, 0) is 137 Å². The van der Waals surface area contributed by atoms with E-state index in [0.717, 1.165) is 55.8 Å². The van der Waals surface area contributed by atoms with Crippen LogP contribution in [0.4, 0.5) is 0 Å². The second-order valence-corrected chi connectivity index (χ2v) is 18.1. The normalized spacial score (nSPS) is 40.0. The van der Waals surface area contributed by atoms with E-state index in [1.165, 1.54) is 57.8 Å². The van der Waals surface area contributed by atoms with E-state index in [4.69, 9.17) is 23.7 Å². The first-order valence-electron chi connectivity index (χ1n) is 20.1. The molecule has 4 saturated carbocycles. The third-order valence-corrected chi connectivity index (χ3v) is 14.7. The van der Waals surface area contributed by atoms with Gasteiger partial charge < -0.3 is 28.8 Å². The Morgan fingerprint density at radius 3 is 2.41 bits per heavy atom. The molecule has 0 unspecified atom stereocenters. The molecular formula is C41H70O8. The van der Waals surface area contributed by atoms with Crippen molar-refractivity contribution in [3.8, 4) is 0 Å². The molecule has 8 nitrogen and oxygen atoms in total. The lowest BCUT2D eigenvalue weighted by Crippen LogP contribution is -2.46. The van der Waals surface area contributed by atoms with Crippen molar-refractivity contribution >= 4 is 11.9 Å². The first-order valence-corrected chi connectivity index (χ1v) is 20.1. The number of hydrogen-bond donors (Lipinski definition) is 1. The molecule has 2 bridgehead atoms. The van der Waals surface area contributed by atoms with E-state index in [0.29, 0.717) is 35.5 Å². The molecule has 5 aliphatic rings. The second kappa shape index (κ2) is 16.2. The molecule has 5 fully saturated rings. The molecule has 282 valence electrons. The molecule has 8 heteroatoms. The SMILES string of the molecule is CCC(=O)OC1COC(CCC(=O)OCOC(C)(C)CCC[C@@H](C)[C@H]2CC[C@H]3[C@@H]4CC[C@H]5C[C@](O)(CC)CC[C@]5(C)[C@@H](CC[C@]23C)C4)OC1. The molecule has 49 heavy (non-hydrogen) atoms. The van der Waals surface area contributed by atoms with Crippen LogP contribution < -0.4 is 0 Å². The lowest BCUT2D eigenvalue weighted by Gasteiger charge is -2.51. The van der Waals surface area contributed by atoms with Crippen LogP contribution in [0.5, 0.6) is 0 Å². The summed E-state index contributed by atoms with van der Waals surface area (Å²) in [5.41, 5.74) is 0.0574. The predicted molar refractivity (Wildman–Crippen MR) is 189 cm³/mol. The maximum absolute atomic E-state index is 12.4. The third kappa shape index (κ3) is 9.24. The molecule has 1 heterocycles. The summed E-state index contributed by atoms with van der Waals surface area (Å²) < 4.78 is 27.9. The Kier molecular flexibility index (Phi) is 12.9. The number of carbonyl (C=O) groups excluding carboxylic acids is 2. The van der Waals surface area contributed by atoms with E-state index in [9.17, 15) is 14.7 Å². The van der Waals surface area contributed by atoms with Gasteiger partial charge in [-0.2, -0.15) is 0 Å². The topological polar surface area (TPSA) is 101 Å². The molecule has 4 aliphatic carbocycles. The minimum Gasteiger partial charge on any atom is -0.457 e. The number of hydrogen-bond acceptors (Lipinski definition) is 8. The minimum absolute atomic E-state index is 0.0503. The fraction of sp³-hybridized carbons (Fsp3) is 0.951. The zero-order valence-corrected chi connectivity index (χ0v) is 32.1. The maximum atomic E-state index is 12.4. The lowest BCUT2D eigenvalue weighted by molar-refractivity contribution is -0.228. The molecule has 0 aromatic heterocycles. The minimum atomic E-state index is -0.501. The molecule has 1 aliphatic heterocycles. The number of esters is 2. The van der Waals surface area contributed by atoms with Gasteiger partial charge in [-0.15, -0.1) is 0 Å². The van der Waals surface area contributed by atoms with Crippen LogP contribution in [-0.2, 0) is 33.3 Å². The Morgan fingerprint density at radius 1 is 0.939 bits per heavy atom. The lowest BCUT2D eigenvalue weighted by atomic mass is 9.55. The molecule has 0 spiro atoms. The fourth-order valence-electron chi connectivity index (χ4n) is 11.3. The number of fused-ring (bicyclic) bond motifs is 6. The van der Waals surface area contributed by atoms with Crippen molar-refractivity contribution in [2.75, 3.05) is 20.0 Å². The van der Waals surface area contributed by atoms with Crippen LogP contribution in [0.3, 0.4) is 0 Å². The Balaban J connectivity index is 1.02. The number of rotatable bonds is 14. The van der Waals surface area contributed by atoms with Gasteiger partial charge >= 0.3 is 11.9 Å². The summed E-state index contributed by atoms with van der Waals surface area (Å²) in [4.78, 5) is 23.8. The first kappa shape index (κ1) is 39.0. The number of aliphatic hydroxyl groups is 1. The highest BCUT2D eigenvalue weighted by Gasteiger charge is 2.57. The fourth-order valence-corrected chi connectivity index (χ4v) is 11.3. The van der Waals surface area contributed by atoms with Crippen molar-refractivity contribution < 1.29 is 38.4 Å². The highest BCUT2D eigenvalue weighted by Crippen LogP contribution is 2.65. The van der Waals surface area contributed by atoms with E-state index >= 15 is 0 Å². The maximum Gasteiger partial charge on any atom is 0.308 e. The average molecular weight is 691 g/mol. The molecule has 9 atom stereocenters. The van der Waals surface area contributed by atoms with Crippen molar-refractivity contribution in [2.45, 2.75) is 181 Å². The molecule has 1 N–H and O–H groups in total.